The molecule has 0 spiro atoms. The van der Waals surface area contributed by atoms with Crippen molar-refractivity contribution in [3.05, 3.63) is 56.9 Å². The molecule has 0 atom stereocenters. The third-order valence-corrected chi connectivity index (χ3v) is 3.12. The fourth-order valence-electron chi connectivity index (χ4n) is 1.91. The van der Waals surface area contributed by atoms with Crippen LogP contribution < -0.4 is 5.32 Å². The Balaban J connectivity index is 1.90. The fraction of sp³-hybridized carbons (Fsp3) is 0.308. The van der Waals surface area contributed by atoms with E-state index in [9.17, 15) is 10.1 Å². The second-order valence-electron chi connectivity index (χ2n) is 4.44. The average Bonchev–Trinajstić information content (AvgIpc) is 2.80. The second kappa shape index (κ2) is 6.49. The zero-order chi connectivity index (χ0) is 14.5. The first kappa shape index (κ1) is 14.5. The summed E-state index contributed by atoms with van der Waals surface area (Å²) in [7, 11) is 1.87. The lowest BCUT2D eigenvalue weighted by Crippen LogP contribution is -2.17. The molecule has 1 heterocycles. The molecule has 2 rings (SSSR count). The zero-order valence-electron chi connectivity index (χ0n) is 11.0. The van der Waals surface area contributed by atoms with Crippen LogP contribution in [0.5, 0.6) is 0 Å². The van der Waals surface area contributed by atoms with E-state index < -0.39 is 4.92 Å². The maximum Gasteiger partial charge on any atom is 0.273 e. The lowest BCUT2D eigenvalue weighted by atomic mass is 10.2. The Hall–Kier alpha value is -1.92. The van der Waals surface area contributed by atoms with Crippen LogP contribution in [0.25, 0.3) is 0 Å². The summed E-state index contributed by atoms with van der Waals surface area (Å²) in [6.07, 6.45) is 2.66. The minimum atomic E-state index is -0.397. The highest BCUT2D eigenvalue weighted by Gasteiger charge is 2.13. The molecule has 1 N–H and O–H groups in total. The fourth-order valence-corrected chi connectivity index (χ4v) is 2.10. The van der Waals surface area contributed by atoms with E-state index >= 15 is 0 Å². The summed E-state index contributed by atoms with van der Waals surface area (Å²) in [5.41, 5.74) is 1.66. The van der Waals surface area contributed by atoms with Crippen molar-refractivity contribution < 1.29 is 4.92 Å². The predicted octanol–water partition coefficient (Wildman–Crippen LogP) is 2.31. The number of nitro groups is 1. The van der Waals surface area contributed by atoms with E-state index in [1.165, 1.54) is 12.1 Å². The number of nitro benzene ring substituents is 1. The molecule has 7 heteroatoms. The molecule has 0 saturated heterocycles. The van der Waals surface area contributed by atoms with E-state index in [1.54, 1.807) is 10.7 Å². The van der Waals surface area contributed by atoms with Crippen molar-refractivity contribution in [2.45, 2.75) is 13.0 Å². The number of aromatic nitrogens is 2. The quantitative estimate of drug-likeness (QED) is 0.504. The van der Waals surface area contributed by atoms with E-state index in [0.29, 0.717) is 23.7 Å². The Morgan fingerprint density at radius 1 is 1.45 bits per heavy atom. The molecule has 0 aliphatic carbocycles. The Bertz CT molecular complexity index is 612. The first-order valence-corrected chi connectivity index (χ1v) is 6.56. The molecule has 0 aliphatic rings. The van der Waals surface area contributed by atoms with E-state index in [-0.39, 0.29) is 5.69 Å². The standard InChI is InChI=1S/C13H15ClN4O2/c1-17-7-5-12(16-17)4-6-15-9-10-8-11(14)2-3-13(10)18(19)20/h2-3,5,7-8,15H,4,6,9H2,1H3. The van der Waals surface area contributed by atoms with E-state index in [0.717, 1.165) is 12.1 Å². The molecule has 106 valence electrons. The van der Waals surface area contributed by atoms with Gasteiger partial charge in [0.2, 0.25) is 0 Å². The van der Waals surface area contributed by atoms with Crippen molar-refractivity contribution >= 4 is 17.3 Å². The highest BCUT2D eigenvalue weighted by atomic mass is 35.5. The van der Waals surface area contributed by atoms with Gasteiger partial charge >= 0.3 is 0 Å². The van der Waals surface area contributed by atoms with Gasteiger partial charge in [0.25, 0.3) is 5.69 Å². The Morgan fingerprint density at radius 3 is 2.90 bits per heavy atom. The van der Waals surface area contributed by atoms with Gasteiger partial charge in [0, 0.05) is 49.4 Å². The topological polar surface area (TPSA) is 73.0 Å². The number of nitrogens with zero attached hydrogens (tertiary/aromatic N) is 3. The van der Waals surface area contributed by atoms with Gasteiger partial charge in [-0.25, -0.2) is 0 Å². The zero-order valence-corrected chi connectivity index (χ0v) is 11.8. The molecule has 0 radical (unpaired) electrons. The third-order valence-electron chi connectivity index (χ3n) is 2.88. The number of nitrogens with one attached hydrogen (secondary N) is 1. The molecule has 0 bridgehead atoms. The number of rotatable bonds is 6. The van der Waals surface area contributed by atoms with E-state index in [2.05, 4.69) is 10.4 Å². The van der Waals surface area contributed by atoms with Crippen LogP contribution in [0.2, 0.25) is 5.02 Å². The average molecular weight is 295 g/mol. The van der Waals surface area contributed by atoms with Crippen LogP contribution in [0.4, 0.5) is 5.69 Å². The minimum absolute atomic E-state index is 0.0831. The molecule has 0 saturated carbocycles. The summed E-state index contributed by atoms with van der Waals surface area (Å²) in [5.74, 6) is 0. The van der Waals surface area contributed by atoms with Crippen LogP contribution >= 0.6 is 11.6 Å². The largest absolute Gasteiger partial charge is 0.312 e. The molecule has 0 aliphatic heterocycles. The third kappa shape index (κ3) is 3.79. The van der Waals surface area contributed by atoms with E-state index in [4.69, 9.17) is 11.6 Å². The summed E-state index contributed by atoms with van der Waals surface area (Å²) < 4.78 is 1.75. The number of halogens is 1. The van der Waals surface area contributed by atoms with Gasteiger partial charge in [0.05, 0.1) is 10.6 Å². The molecule has 1 aromatic heterocycles. The lowest BCUT2D eigenvalue weighted by molar-refractivity contribution is -0.385. The first-order chi connectivity index (χ1) is 9.56. The van der Waals surface area contributed by atoms with E-state index in [1.807, 2.05) is 19.3 Å². The van der Waals surface area contributed by atoms with Crippen LogP contribution in [-0.4, -0.2) is 21.2 Å². The van der Waals surface area contributed by atoms with Gasteiger partial charge < -0.3 is 5.32 Å². The first-order valence-electron chi connectivity index (χ1n) is 6.18. The molecule has 6 nitrogen and oxygen atoms in total. The number of aryl methyl sites for hydroxylation is 1. The second-order valence-corrected chi connectivity index (χ2v) is 4.87. The van der Waals surface area contributed by atoms with Crippen molar-refractivity contribution in [1.82, 2.24) is 15.1 Å². The van der Waals surface area contributed by atoms with Gasteiger partial charge in [-0.2, -0.15) is 5.10 Å². The number of hydrogen-bond acceptors (Lipinski definition) is 4. The predicted molar refractivity (Wildman–Crippen MR) is 76.7 cm³/mol. The van der Waals surface area contributed by atoms with Gasteiger partial charge in [-0.05, 0) is 18.2 Å². The molecular formula is C13H15ClN4O2. The normalized spacial score (nSPS) is 10.7. The highest BCUT2D eigenvalue weighted by Crippen LogP contribution is 2.22. The monoisotopic (exact) mass is 294 g/mol. The van der Waals surface area contributed by atoms with Crippen LogP contribution in [0.15, 0.2) is 30.5 Å². The maximum atomic E-state index is 10.9. The molecule has 0 fully saturated rings. The summed E-state index contributed by atoms with van der Waals surface area (Å²) >= 11 is 5.87. The van der Waals surface area contributed by atoms with Gasteiger partial charge in [-0.1, -0.05) is 11.6 Å². The smallest absolute Gasteiger partial charge is 0.273 e. The number of benzene rings is 1. The van der Waals surface area contributed by atoms with Crippen molar-refractivity contribution in [2.24, 2.45) is 7.05 Å². The SMILES string of the molecule is Cn1ccc(CCNCc2cc(Cl)ccc2[N+](=O)[O-])n1. The molecular weight excluding hydrogens is 280 g/mol. The van der Waals surface area contributed by atoms with Crippen LogP contribution in [0.3, 0.4) is 0 Å². The Labute approximate surface area is 121 Å². The van der Waals surface area contributed by atoms with Gasteiger partial charge in [-0.3, -0.25) is 14.8 Å². The van der Waals surface area contributed by atoms with Gasteiger partial charge in [-0.15, -0.1) is 0 Å². The van der Waals surface area contributed by atoms with Gasteiger partial charge in [0.1, 0.15) is 0 Å². The van der Waals surface area contributed by atoms with Crippen molar-refractivity contribution in [2.75, 3.05) is 6.54 Å². The Kier molecular flexibility index (Phi) is 4.70. The molecule has 20 heavy (non-hydrogen) atoms. The van der Waals surface area contributed by atoms with Crippen LogP contribution in [-0.2, 0) is 20.0 Å². The summed E-state index contributed by atoms with van der Waals surface area (Å²) in [4.78, 5) is 10.5. The lowest BCUT2D eigenvalue weighted by Gasteiger charge is -2.05. The summed E-state index contributed by atoms with van der Waals surface area (Å²) in [5, 5.41) is 18.8. The summed E-state index contributed by atoms with van der Waals surface area (Å²) in [6, 6.07) is 6.52. The molecule has 2 aromatic rings. The molecule has 1 aromatic carbocycles. The van der Waals surface area contributed by atoms with Crippen LogP contribution in [0.1, 0.15) is 11.3 Å². The maximum absolute atomic E-state index is 10.9. The van der Waals surface area contributed by atoms with Gasteiger partial charge in [0.15, 0.2) is 0 Å². The number of hydrogen-bond donors (Lipinski definition) is 1. The van der Waals surface area contributed by atoms with Crippen molar-refractivity contribution in [3.8, 4) is 0 Å². The van der Waals surface area contributed by atoms with Crippen molar-refractivity contribution in [3.63, 3.8) is 0 Å². The van der Waals surface area contributed by atoms with Crippen LogP contribution in [0, 0.1) is 10.1 Å². The van der Waals surface area contributed by atoms with Crippen molar-refractivity contribution in [1.29, 1.82) is 0 Å². The Morgan fingerprint density at radius 2 is 2.25 bits per heavy atom. The minimum Gasteiger partial charge on any atom is -0.312 e. The molecule has 0 amide bonds. The molecule has 0 unspecified atom stereocenters. The summed E-state index contributed by atoms with van der Waals surface area (Å²) in [6.45, 7) is 1.10. The highest BCUT2D eigenvalue weighted by molar-refractivity contribution is 6.30.